The minimum absolute atomic E-state index is 0.00951. The first kappa shape index (κ1) is 66.5. The number of halogens is 1. The van der Waals surface area contributed by atoms with E-state index in [1.54, 1.807) is 41.7 Å². The zero-order valence-electron chi connectivity index (χ0n) is 48.9. The highest BCUT2D eigenvalue weighted by atomic mass is 35.5. The fourth-order valence-corrected chi connectivity index (χ4v) is 13.9. The number of allylic oxidation sites excluding steroid dienone is 3. The molecular weight excluding hydrogens is 1090 g/mol. The van der Waals surface area contributed by atoms with E-state index in [-0.39, 0.29) is 81.1 Å². The van der Waals surface area contributed by atoms with Crippen molar-refractivity contribution >= 4 is 29.3 Å². The Bertz CT molecular complexity index is 2310. The summed E-state index contributed by atoms with van der Waals surface area (Å²) >= 11 is 5.88. The first-order valence-electron chi connectivity index (χ1n) is 29.4. The Hall–Kier alpha value is -3.00. The smallest absolute Gasteiger partial charge is 0.308 e. The maximum Gasteiger partial charge on any atom is 0.308 e. The van der Waals surface area contributed by atoms with Crippen LogP contribution < -0.4 is 0 Å². The molecule has 7 heterocycles. The largest absolute Gasteiger partial charge is 0.461 e. The Balaban J connectivity index is 1.19. The zero-order valence-corrected chi connectivity index (χ0v) is 49.6. The van der Waals surface area contributed by atoms with E-state index in [0.29, 0.717) is 43.3 Å². The van der Waals surface area contributed by atoms with Gasteiger partial charge in [-0.05, 0) is 51.5 Å². The Morgan fingerprint density at radius 2 is 1.51 bits per heavy atom. The van der Waals surface area contributed by atoms with Gasteiger partial charge in [0.05, 0.1) is 91.2 Å². The third kappa shape index (κ3) is 16.9. The fourth-order valence-electron chi connectivity index (χ4n) is 13.8. The number of carbonyl (C=O) groups excluding carboxylic acids is 3. The van der Waals surface area contributed by atoms with Crippen molar-refractivity contribution in [2.75, 3.05) is 7.11 Å². The molecule has 8 N–H and O–H groups in total. The van der Waals surface area contributed by atoms with E-state index in [1.807, 2.05) is 12.2 Å². The molecule has 464 valence electrons. The van der Waals surface area contributed by atoms with Crippen molar-refractivity contribution in [3.05, 3.63) is 60.2 Å². The molecule has 6 saturated heterocycles. The highest BCUT2D eigenvalue weighted by Gasteiger charge is 2.58. The van der Waals surface area contributed by atoms with Gasteiger partial charge in [-0.1, -0.05) is 88.4 Å². The van der Waals surface area contributed by atoms with Gasteiger partial charge in [0.15, 0.2) is 17.4 Å². The predicted molar refractivity (Wildman–Crippen MR) is 298 cm³/mol. The second-order valence-corrected chi connectivity index (χ2v) is 25.8. The van der Waals surface area contributed by atoms with Gasteiger partial charge in [-0.25, -0.2) is 0 Å². The first-order valence-corrected chi connectivity index (χ1v) is 29.8. The van der Waals surface area contributed by atoms with Crippen molar-refractivity contribution in [1.82, 2.24) is 0 Å². The summed E-state index contributed by atoms with van der Waals surface area (Å²) in [6.45, 7) is 21.8. The lowest BCUT2D eigenvalue weighted by atomic mass is 9.78. The van der Waals surface area contributed by atoms with Crippen LogP contribution in [0.25, 0.3) is 0 Å². The van der Waals surface area contributed by atoms with Crippen LogP contribution in [0, 0.1) is 23.7 Å². The molecule has 20 nitrogen and oxygen atoms in total. The molecule has 0 aromatic rings. The number of ketones is 1. The summed E-state index contributed by atoms with van der Waals surface area (Å²) in [4.78, 5) is 41.4. The van der Waals surface area contributed by atoms with Crippen LogP contribution in [-0.2, 0) is 57.0 Å². The maximum absolute atomic E-state index is 14.4. The van der Waals surface area contributed by atoms with Gasteiger partial charge in [-0.15, -0.1) is 0 Å². The van der Waals surface area contributed by atoms with E-state index >= 15 is 0 Å². The number of hydrogen-bond donors (Lipinski definition) is 8. The second-order valence-electron chi connectivity index (χ2n) is 25.4. The number of aliphatic hydroxyl groups excluding tert-OH is 6. The lowest BCUT2D eigenvalue weighted by molar-refractivity contribution is -0.351. The molecule has 82 heavy (non-hydrogen) atoms. The van der Waals surface area contributed by atoms with Gasteiger partial charge < -0.3 is 83.5 Å². The highest BCUT2D eigenvalue weighted by molar-refractivity contribution is 6.30. The molecule has 24 atom stereocenters. The number of hydrogen-bond acceptors (Lipinski definition) is 20. The van der Waals surface area contributed by atoms with Gasteiger partial charge in [0.1, 0.15) is 30.2 Å². The molecule has 0 radical (unpaired) electrons. The summed E-state index contributed by atoms with van der Waals surface area (Å²) in [6, 6.07) is 0. The second kappa shape index (κ2) is 27.8. The van der Waals surface area contributed by atoms with E-state index in [0.717, 1.165) is 0 Å². The first-order chi connectivity index (χ1) is 38.4. The van der Waals surface area contributed by atoms with Crippen molar-refractivity contribution in [2.24, 2.45) is 23.7 Å². The molecule has 0 aromatic heterocycles. The van der Waals surface area contributed by atoms with Gasteiger partial charge in [0.2, 0.25) is 0 Å². The quantitative estimate of drug-likeness (QED) is 0.0864. The molecule has 7 rings (SSSR count). The van der Waals surface area contributed by atoms with Crippen LogP contribution in [0.1, 0.15) is 151 Å². The van der Waals surface area contributed by atoms with Gasteiger partial charge in [-0.2, -0.15) is 0 Å². The van der Waals surface area contributed by atoms with Gasteiger partial charge in [0, 0.05) is 101 Å². The molecule has 2 spiro atoms. The van der Waals surface area contributed by atoms with Gasteiger partial charge in [0.25, 0.3) is 0 Å². The van der Waals surface area contributed by atoms with Crippen molar-refractivity contribution < 1.29 is 97.9 Å². The van der Waals surface area contributed by atoms with Crippen LogP contribution in [0.15, 0.2) is 60.2 Å². The van der Waals surface area contributed by atoms with Crippen LogP contribution in [-0.4, -0.2) is 186 Å². The number of aliphatic hydroxyl groups is 8. The summed E-state index contributed by atoms with van der Waals surface area (Å²) in [5.41, 5.74) is -0.438. The van der Waals surface area contributed by atoms with Gasteiger partial charge in [-0.3, -0.25) is 14.4 Å². The van der Waals surface area contributed by atoms with Gasteiger partial charge >= 0.3 is 11.9 Å². The van der Waals surface area contributed by atoms with Crippen molar-refractivity contribution in [3.63, 3.8) is 0 Å². The molecule has 7 aliphatic rings. The Morgan fingerprint density at radius 1 is 0.841 bits per heavy atom. The van der Waals surface area contributed by atoms with Crippen LogP contribution in [0.5, 0.6) is 0 Å². The number of fused-ring (bicyclic) bond motifs is 8. The molecule has 0 saturated carbocycles. The number of ether oxygens (including phenoxy) is 9. The Morgan fingerprint density at radius 3 is 2.21 bits per heavy atom. The highest BCUT2D eigenvalue weighted by Crippen LogP contribution is 2.48. The third-order valence-corrected chi connectivity index (χ3v) is 18.1. The predicted octanol–water partition coefficient (Wildman–Crippen LogP) is 5.34. The minimum atomic E-state index is -2.39. The lowest BCUT2D eigenvalue weighted by Gasteiger charge is -2.52. The average Bonchev–Trinajstić information content (AvgIpc) is 3.21. The molecule has 21 heteroatoms. The molecule has 0 amide bonds. The molecule has 6 fully saturated rings. The van der Waals surface area contributed by atoms with Crippen LogP contribution in [0.3, 0.4) is 0 Å². The number of Topliss-reactive ketones (excluding diaryl/α,β-unsaturated/α-hetero) is 1. The van der Waals surface area contributed by atoms with Crippen molar-refractivity contribution in [3.8, 4) is 0 Å². The zero-order chi connectivity index (χ0) is 60.2. The van der Waals surface area contributed by atoms with E-state index < -0.39 is 163 Å². The van der Waals surface area contributed by atoms with E-state index in [4.69, 9.17) is 54.2 Å². The maximum atomic E-state index is 14.4. The average molecular weight is 1180 g/mol. The summed E-state index contributed by atoms with van der Waals surface area (Å²) in [5.74, 6) is -9.90. The van der Waals surface area contributed by atoms with Crippen LogP contribution >= 0.6 is 11.6 Å². The summed E-state index contributed by atoms with van der Waals surface area (Å²) in [7, 11) is 1.58. The standard InChI is InChI=1S/C61H93ClO20/c1-32(18-40(64)17-16-34(3)62)19-51-53(70)55-38(7)56(76-51)57(71)61(73)30-49(68)36(5)50(82-61)15-13-11-12-14-43-21-41(65)26-59(78-43)29-46(74-10)23-45(79-59)24-48(67)37(6)54(75-39(8)63)35(4)33(2)20-47-28-58(9,72)31-60(81-47)27-42(66)22-44(80-60)25-52(69)77-55/h12,14,16-17,35-38,40-47,49-51,53-57,64-66,68,70-73H,1-3,11,13,15,18-31H2,4-10H3/b14-12-,17-16+/t35-,36-,37+,38+,40-,41+,42?,43+,44-,45?,46?,47+,49+,50-,51+,53+,54?,55?,56?,57?,58+,59?,60?,61-/m0/s1. The molecule has 0 aliphatic carbocycles. The van der Waals surface area contributed by atoms with E-state index in [2.05, 4.69) is 19.7 Å². The summed E-state index contributed by atoms with van der Waals surface area (Å²) in [6.07, 6.45) is -8.40. The van der Waals surface area contributed by atoms with E-state index in [1.165, 1.54) is 19.1 Å². The minimum Gasteiger partial charge on any atom is -0.461 e. The molecule has 10 bridgehead atoms. The molecular formula is C61H93ClO20. The molecule has 9 unspecified atom stereocenters. The topological polar surface area (TPSA) is 296 Å². The Labute approximate surface area is 487 Å². The number of methoxy groups -OCH3 is 1. The molecule has 0 aromatic carbocycles. The van der Waals surface area contributed by atoms with Crippen LogP contribution in [0.4, 0.5) is 0 Å². The number of esters is 2. The van der Waals surface area contributed by atoms with Crippen molar-refractivity contribution in [1.29, 1.82) is 0 Å². The normalized spacial score (nSPS) is 45.8. The summed E-state index contributed by atoms with van der Waals surface area (Å²) in [5, 5.41) is 93.6. The SMILES string of the molecule is C=C(Cl)/C=C/[C@H](O)CC(=C)C[C@H]1OC2C(O)[C@]3(O)C[C@@H](O)[C@H](C)[C@H](CCC/C=C\[C@@H]4C[C@@H](O)CC5(CC(OC)CC(CC(=O)[C@@H](C)C(OC(C)=O)[C@@H](C)C(=C)C[C@@H]6C[C@@](C)(O)CC7(CC(O)C[C@@H](CC(=O)OC([C@H]2C)[C@@H]1O)O7)O6)O5)O4)O3. The lowest BCUT2D eigenvalue weighted by Crippen LogP contribution is -2.65. The third-order valence-electron chi connectivity index (χ3n) is 18.0. The molecule has 7 aliphatic heterocycles. The van der Waals surface area contributed by atoms with E-state index in [9.17, 15) is 55.2 Å². The fraction of sp³-hybridized carbons (Fsp3) is 0.787. The number of rotatable bonds is 8. The monoisotopic (exact) mass is 1180 g/mol. The van der Waals surface area contributed by atoms with Crippen molar-refractivity contribution in [2.45, 2.75) is 271 Å². The Kier molecular flexibility index (Phi) is 22.5. The van der Waals surface area contributed by atoms with Crippen LogP contribution in [0.2, 0.25) is 0 Å². The summed E-state index contributed by atoms with van der Waals surface area (Å²) < 4.78 is 57.3. The number of carbonyl (C=O) groups is 3.